The summed E-state index contributed by atoms with van der Waals surface area (Å²) in [7, 11) is 0. The van der Waals surface area contributed by atoms with E-state index >= 15 is 0 Å². The number of rotatable bonds is 4. The van der Waals surface area contributed by atoms with E-state index in [1.54, 1.807) is 4.98 Å². The molecule has 0 radical (unpaired) electrons. The second-order valence-corrected chi connectivity index (χ2v) is 3.22. The van der Waals surface area contributed by atoms with Crippen molar-refractivity contribution in [2.45, 2.75) is 19.5 Å². The molecule has 9 heteroatoms. The zero-order valence-electron chi connectivity index (χ0n) is 8.68. The Kier molecular flexibility index (Phi) is 3.94. The number of hydrogen-bond donors (Lipinski definition) is 2. The fourth-order valence-corrected chi connectivity index (χ4v) is 1.26. The average Bonchev–Trinajstić information content (AvgIpc) is 2.13. The minimum Gasteiger partial charge on any atom is -0.481 e. The first-order valence-corrected chi connectivity index (χ1v) is 4.51. The number of aliphatic carboxylic acids is 1. The number of carbonyl (C=O) groups is 1. The van der Waals surface area contributed by atoms with E-state index in [2.05, 4.69) is 4.74 Å². The molecule has 0 amide bonds. The van der Waals surface area contributed by atoms with Crippen LogP contribution in [0.4, 0.5) is 17.6 Å². The molecule has 0 saturated heterocycles. The minimum atomic E-state index is -5.04. The van der Waals surface area contributed by atoms with E-state index in [0.29, 0.717) is 6.07 Å². The van der Waals surface area contributed by atoms with Crippen molar-refractivity contribution in [3.05, 3.63) is 27.5 Å². The summed E-state index contributed by atoms with van der Waals surface area (Å²) in [6, 6.07) is 0.637. The van der Waals surface area contributed by atoms with E-state index in [1.165, 1.54) is 0 Å². The summed E-state index contributed by atoms with van der Waals surface area (Å²) in [4.78, 5) is 23.3. The van der Waals surface area contributed by atoms with Crippen molar-refractivity contribution in [2.75, 3.05) is 0 Å². The molecule has 0 spiro atoms. The van der Waals surface area contributed by atoms with E-state index in [1.807, 2.05) is 0 Å². The Morgan fingerprint density at radius 2 is 2.06 bits per heavy atom. The maximum absolute atomic E-state index is 12.5. The number of aromatic amines is 1. The van der Waals surface area contributed by atoms with Gasteiger partial charge in [0.25, 0.3) is 5.56 Å². The molecule has 0 aliphatic rings. The molecule has 1 aromatic heterocycles. The number of alkyl halides is 4. The molecule has 0 aliphatic carbocycles. The number of aromatic nitrogens is 1. The Morgan fingerprint density at radius 3 is 2.50 bits per heavy atom. The number of carboxylic acid groups (broad SMARTS) is 1. The Bertz CT molecular complexity index is 508. The molecule has 0 aliphatic heterocycles. The number of hydrogen-bond acceptors (Lipinski definition) is 3. The van der Waals surface area contributed by atoms with E-state index in [0.717, 1.165) is 0 Å². The molecule has 1 aromatic rings. The summed E-state index contributed by atoms with van der Waals surface area (Å²) >= 11 is 0. The van der Waals surface area contributed by atoms with Gasteiger partial charge in [0.15, 0.2) is 0 Å². The monoisotopic (exact) mass is 269 g/mol. The summed E-state index contributed by atoms with van der Waals surface area (Å²) < 4.78 is 51.7. The van der Waals surface area contributed by atoms with Crippen LogP contribution in [0.2, 0.25) is 0 Å². The molecule has 0 fully saturated rings. The van der Waals surface area contributed by atoms with Gasteiger partial charge in [-0.3, -0.25) is 14.6 Å². The second-order valence-electron chi connectivity index (χ2n) is 3.22. The number of carboxylic acids is 1. The van der Waals surface area contributed by atoms with Gasteiger partial charge in [0, 0.05) is 6.07 Å². The van der Waals surface area contributed by atoms with Gasteiger partial charge in [0.05, 0.1) is 12.0 Å². The van der Waals surface area contributed by atoms with Gasteiger partial charge in [-0.15, -0.1) is 13.2 Å². The van der Waals surface area contributed by atoms with Crippen molar-refractivity contribution in [2.24, 2.45) is 0 Å². The van der Waals surface area contributed by atoms with Gasteiger partial charge in [-0.1, -0.05) is 0 Å². The first kappa shape index (κ1) is 14.0. The second kappa shape index (κ2) is 5.07. The number of pyridine rings is 1. The number of H-pyrrole nitrogens is 1. The highest BCUT2D eigenvalue weighted by Crippen LogP contribution is 2.21. The van der Waals surface area contributed by atoms with E-state index < -0.39 is 42.4 Å². The van der Waals surface area contributed by atoms with Crippen LogP contribution in [-0.2, 0) is 17.9 Å². The number of ether oxygens (including phenoxy) is 1. The van der Waals surface area contributed by atoms with Crippen LogP contribution in [0.15, 0.2) is 10.9 Å². The van der Waals surface area contributed by atoms with Gasteiger partial charge in [-0.05, 0) is 5.56 Å². The third-order valence-electron chi connectivity index (χ3n) is 1.90. The van der Waals surface area contributed by atoms with Crippen LogP contribution in [-0.4, -0.2) is 22.4 Å². The molecule has 0 atom stereocenters. The van der Waals surface area contributed by atoms with Crippen molar-refractivity contribution < 1.29 is 32.2 Å². The van der Waals surface area contributed by atoms with Crippen molar-refractivity contribution in [3.63, 3.8) is 0 Å². The fraction of sp³-hybridized carbons (Fsp3) is 0.333. The highest BCUT2D eigenvalue weighted by Gasteiger charge is 2.32. The molecule has 18 heavy (non-hydrogen) atoms. The van der Waals surface area contributed by atoms with Crippen molar-refractivity contribution in [1.82, 2.24) is 4.98 Å². The first-order valence-electron chi connectivity index (χ1n) is 4.51. The minimum absolute atomic E-state index is 0.368. The van der Waals surface area contributed by atoms with Crippen molar-refractivity contribution in [1.29, 1.82) is 0 Å². The molecule has 100 valence electrons. The average molecular weight is 269 g/mol. The summed E-state index contributed by atoms with van der Waals surface area (Å²) in [6.45, 7) is -1.29. The highest BCUT2D eigenvalue weighted by atomic mass is 19.4. The third-order valence-corrected chi connectivity index (χ3v) is 1.90. The summed E-state index contributed by atoms with van der Waals surface area (Å²) in [5.74, 6) is -2.39. The lowest BCUT2D eigenvalue weighted by Crippen LogP contribution is -2.23. The van der Waals surface area contributed by atoms with Gasteiger partial charge in [-0.25, -0.2) is 4.39 Å². The van der Waals surface area contributed by atoms with Gasteiger partial charge < -0.3 is 9.84 Å². The number of halogens is 4. The van der Waals surface area contributed by atoms with Gasteiger partial charge in [-0.2, -0.15) is 0 Å². The molecular weight excluding hydrogens is 262 g/mol. The zero-order valence-corrected chi connectivity index (χ0v) is 8.68. The van der Waals surface area contributed by atoms with Crippen LogP contribution in [0.5, 0.6) is 5.88 Å². The predicted molar refractivity (Wildman–Crippen MR) is 49.9 cm³/mol. The maximum Gasteiger partial charge on any atom is 0.574 e. The van der Waals surface area contributed by atoms with Crippen LogP contribution in [0, 0.1) is 0 Å². The summed E-state index contributed by atoms with van der Waals surface area (Å²) in [5.41, 5.74) is -2.06. The van der Waals surface area contributed by atoms with E-state index in [-0.39, 0.29) is 5.56 Å². The smallest absolute Gasteiger partial charge is 0.481 e. The Balaban J connectivity index is 3.21. The van der Waals surface area contributed by atoms with E-state index in [9.17, 15) is 27.2 Å². The standard InChI is InChI=1S/C9H7F4NO4/c10-3-5-4(2-7(15)16)1-6(14-8(5)17)18-9(11,12)13/h1H,2-3H2,(H,14,17)(H,15,16). The highest BCUT2D eigenvalue weighted by molar-refractivity contribution is 5.70. The molecular formula is C9H7F4NO4. The SMILES string of the molecule is O=C(O)Cc1cc(OC(F)(F)F)[nH]c(=O)c1CF. The molecule has 2 N–H and O–H groups in total. The molecule has 1 rings (SSSR count). The lowest BCUT2D eigenvalue weighted by molar-refractivity contribution is -0.276. The van der Waals surface area contributed by atoms with Crippen LogP contribution in [0.1, 0.15) is 11.1 Å². The van der Waals surface area contributed by atoms with Gasteiger partial charge >= 0.3 is 12.3 Å². The molecule has 5 nitrogen and oxygen atoms in total. The first-order chi connectivity index (χ1) is 8.23. The lowest BCUT2D eigenvalue weighted by Gasteiger charge is -2.10. The summed E-state index contributed by atoms with van der Waals surface area (Å²) in [5, 5.41) is 8.50. The third kappa shape index (κ3) is 3.75. The topological polar surface area (TPSA) is 79.4 Å². The lowest BCUT2D eigenvalue weighted by atomic mass is 10.1. The largest absolute Gasteiger partial charge is 0.574 e. The van der Waals surface area contributed by atoms with Crippen LogP contribution in [0.3, 0.4) is 0 Å². The normalized spacial score (nSPS) is 11.3. The Hall–Kier alpha value is -2.06. The maximum atomic E-state index is 12.5. The molecule has 0 unspecified atom stereocenters. The Morgan fingerprint density at radius 1 is 1.44 bits per heavy atom. The fourth-order valence-electron chi connectivity index (χ4n) is 1.26. The molecule has 0 aromatic carbocycles. The van der Waals surface area contributed by atoms with Crippen LogP contribution >= 0.6 is 0 Å². The van der Waals surface area contributed by atoms with Gasteiger partial charge in [0.2, 0.25) is 5.88 Å². The van der Waals surface area contributed by atoms with Gasteiger partial charge in [0.1, 0.15) is 6.67 Å². The molecule has 0 bridgehead atoms. The molecule has 0 saturated carbocycles. The zero-order chi connectivity index (χ0) is 13.9. The predicted octanol–water partition coefficient (Wildman–Crippen LogP) is 1.37. The number of nitrogens with one attached hydrogen (secondary N) is 1. The van der Waals surface area contributed by atoms with Crippen LogP contribution in [0.25, 0.3) is 0 Å². The van der Waals surface area contributed by atoms with Crippen molar-refractivity contribution >= 4 is 5.97 Å². The van der Waals surface area contributed by atoms with Crippen molar-refractivity contribution in [3.8, 4) is 5.88 Å². The summed E-state index contributed by atoms with van der Waals surface area (Å²) in [6.07, 6.45) is -5.82. The van der Waals surface area contributed by atoms with Crippen LogP contribution < -0.4 is 10.3 Å². The molecule has 1 heterocycles. The van der Waals surface area contributed by atoms with E-state index in [4.69, 9.17) is 5.11 Å². The quantitative estimate of drug-likeness (QED) is 0.809. The Labute approximate surface area is 97.0 Å².